The molecule has 0 amide bonds. The lowest BCUT2D eigenvalue weighted by atomic mass is 9.79. The minimum atomic E-state index is -1.96. The van der Waals surface area contributed by atoms with Gasteiger partial charge in [-0.1, -0.05) is 45.1 Å². The van der Waals surface area contributed by atoms with Crippen molar-refractivity contribution in [2.45, 2.75) is 209 Å². The largest absolute Gasteiger partial charge is 0.479 e. The number of rotatable bonds is 10. The Labute approximate surface area is 337 Å². The third-order valence-corrected chi connectivity index (χ3v) is 14.0. The van der Waals surface area contributed by atoms with Crippen LogP contribution in [0.25, 0.3) is 0 Å². The van der Waals surface area contributed by atoms with Crippen molar-refractivity contribution in [1.82, 2.24) is 0 Å². The highest BCUT2D eigenvalue weighted by molar-refractivity contribution is 5.76. The Hall–Kier alpha value is -1.75. The summed E-state index contributed by atoms with van der Waals surface area (Å²) in [6.45, 7) is 14.5. The summed E-state index contributed by atoms with van der Waals surface area (Å²) in [4.78, 5) is 11.6. The third-order valence-electron chi connectivity index (χ3n) is 14.0. The van der Waals surface area contributed by atoms with Crippen molar-refractivity contribution < 1.29 is 63.5 Å². The molecule has 7 rings (SSSR count). The molecule has 6 saturated heterocycles. The normalized spacial score (nSPS) is 45.4. The maximum atomic E-state index is 11.6. The number of fused-ring (bicyclic) bond motifs is 1. The predicted molar refractivity (Wildman–Crippen MR) is 208 cm³/mol. The number of carboxylic acids is 1. The van der Waals surface area contributed by atoms with Crippen molar-refractivity contribution in [2.24, 2.45) is 17.8 Å². The van der Waals surface area contributed by atoms with E-state index in [0.717, 1.165) is 50.7 Å². The van der Waals surface area contributed by atoms with Crippen LogP contribution in [0.15, 0.2) is 36.0 Å². The average molecular weight is 805 g/mol. The molecule has 0 radical (unpaired) electrons. The number of hydrogen-bond donors (Lipinski definition) is 5. The SMILES string of the molecule is C=C1C([C@@H](O)C[C@H](C)[C@H]2O[C@@]3(CCCCO3)CC[C@H]2C)O[C@@H]2CC[C@@]3(CC[C@H](/C=C/[C@@H](C)[C@@H]4CC(C)=C[C@@]5(O[C@H](C[C@@](C)(O)C(=O)O)CC[C@H]5O)O4)O3)O[C@H]2[C@@H]1O. The standard InChI is InChI=1S/C44H68O13/c1-25-21-34(55-44(23-25)35(46)12-11-31(54-44)24-41(6,50)40(48)49)26(2)9-10-30-14-18-43(53-30)19-15-33-39(57-43)36(47)29(5)38(52-33)32(45)22-28(4)37-27(3)13-17-42(56-37)16-7-8-20-51-42/h9-10,23,26-28,30-39,45-47,50H,5,7-8,11-22,24H2,1-4,6H3,(H,48,49)/b10-9+/t26-,27-,28+,30+,31+,32+,33-,34+,35-,36-,37+,38?,39-,41-,42+,43-,44-/m1/s1. The van der Waals surface area contributed by atoms with Crippen LogP contribution >= 0.6 is 0 Å². The molecule has 0 aromatic carbocycles. The van der Waals surface area contributed by atoms with E-state index in [4.69, 9.17) is 33.2 Å². The minimum absolute atomic E-state index is 0.0423. The molecule has 1 unspecified atom stereocenters. The van der Waals surface area contributed by atoms with Crippen molar-refractivity contribution in [3.8, 4) is 0 Å². The molecule has 6 fully saturated rings. The van der Waals surface area contributed by atoms with Crippen molar-refractivity contribution in [2.75, 3.05) is 6.61 Å². The zero-order valence-corrected chi connectivity index (χ0v) is 34.6. The van der Waals surface area contributed by atoms with E-state index in [2.05, 4.69) is 26.5 Å². The fourth-order valence-corrected chi connectivity index (χ4v) is 10.5. The summed E-state index contributed by atoms with van der Waals surface area (Å²) in [6, 6.07) is 0. The van der Waals surface area contributed by atoms with Gasteiger partial charge in [0.2, 0.25) is 5.79 Å². The lowest BCUT2D eigenvalue weighted by molar-refractivity contribution is -0.321. The quantitative estimate of drug-likeness (QED) is 0.182. The van der Waals surface area contributed by atoms with Gasteiger partial charge in [-0.15, -0.1) is 0 Å². The Morgan fingerprint density at radius 1 is 1.00 bits per heavy atom. The maximum absolute atomic E-state index is 11.6. The molecule has 0 saturated carbocycles. The van der Waals surface area contributed by atoms with Gasteiger partial charge in [0.1, 0.15) is 24.4 Å². The smallest absolute Gasteiger partial charge is 0.335 e. The van der Waals surface area contributed by atoms with E-state index in [9.17, 15) is 30.3 Å². The van der Waals surface area contributed by atoms with Crippen molar-refractivity contribution >= 4 is 5.97 Å². The summed E-state index contributed by atoms with van der Waals surface area (Å²) in [5.41, 5.74) is -0.551. The number of hydrogen-bond acceptors (Lipinski definition) is 12. The Morgan fingerprint density at radius 2 is 1.75 bits per heavy atom. The topological polar surface area (TPSA) is 183 Å². The Morgan fingerprint density at radius 3 is 2.49 bits per heavy atom. The second-order valence-corrected chi connectivity index (χ2v) is 18.9. The van der Waals surface area contributed by atoms with E-state index in [1.165, 1.54) is 6.92 Å². The van der Waals surface area contributed by atoms with Crippen molar-refractivity contribution in [3.63, 3.8) is 0 Å². The first-order valence-corrected chi connectivity index (χ1v) is 21.7. The predicted octanol–water partition coefficient (Wildman–Crippen LogP) is 5.21. The van der Waals surface area contributed by atoms with Crippen LogP contribution in [0.5, 0.6) is 0 Å². The summed E-state index contributed by atoms with van der Waals surface area (Å²) in [6.07, 6.45) is 9.37. The summed E-state index contributed by atoms with van der Waals surface area (Å²) < 4.78 is 45.2. The molecule has 0 aliphatic carbocycles. The van der Waals surface area contributed by atoms with Gasteiger partial charge in [-0.2, -0.15) is 0 Å². The van der Waals surface area contributed by atoms with Crippen LogP contribution in [-0.4, -0.2) is 122 Å². The van der Waals surface area contributed by atoms with Crippen LogP contribution < -0.4 is 0 Å². The van der Waals surface area contributed by atoms with E-state index in [0.29, 0.717) is 56.4 Å². The van der Waals surface area contributed by atoms with E-state index >= 15 is 0 Å². The molecular formula is C44H68O13. The highest BCUT2D eigenvalue weighted by Crippen LogP contribution is 2.47. The first kappa shape index (κ1) is 43.3. The summed E-state index contributed by atoms with van der Waals surface area (Å²) in [7, 11) is 0. The van der Waals surface area contributed by atoms with Crippen LogP contribution in [0, 0.1) is 17.8 Å². The van der Waals surface area contributed by atoms with Gasteiger partial charge < -0.3 is 58.7 Å². The molecule has 322 valence electrons. The van der Waals surface area contributed by atoms with Gasteiger partial charge in [-0.25, -0.2) is 4.79 Å². The van der Waals surface area contributed by atoms with Crippen LogP contribution in [0.2, 0.25) is 0 Å². The molecular weight excluding hydrogens is 736 g/mol. The molecule has 0 aromatic heterocycles. The monoisotopic (exact) mass is 804 g/mol. The number of ether oxygens (including phenoxy) is 7. The Kier molecular flexibility index (Phi) is 12.9. The molecule has 13 nitrogen and oxygen atoms in total. The van der Waals surface area contributed by atoms with Gasteiger partial charge in [-0.05, 0) is 95.1 Å². The van der Waals surface area contributed by atoms with E-state index in [1.807, 2.05) is 19.9 Å². The van der Waals surface area contributed by atoms with Crippen LogP contribution in [0.3, 0.4) is 0 Å². The molecule has 7 heterocycles. The zero-order chi connectivity index (χ0) is 40.9. The van der Waals surface area contributed by atoms with Crippen molar-refractivity contribution in [3.05, 3.63) is 36.0 Å². The molecule has 0 bridgehead atoms. The zero-order valence-electron chi connectivity index (χ0n) is 34.6. The van der Waals surface area contributed by atoms with Gasteiger partial charge in [-0.3, -0.25) is 0 Å². The van der Waals surface area contributed by atoms with Gasteiger partial charge in [0.25, 0.3) is 0 Å². The summed E-state index contributed by atoms with van der Waals surface area (Å²) in [5, 5.41) is 54.0. The summed E-state index contributed by atoms with van der Waals surface area (Å²) >= 11 is 0. The Bertz CT molecular complexity index is 1510. The first-order valence-electron chi connectivity index (χ1n) is 21.7. The molecule has 7 aliphatic rings. The molecule has 13 heteroatoms. The second kappa shape index (κ2) is 17.0. The maximum Gasteiger partial charge on any atom is 0.335 e. The van der Waals surface area contributed by atoms with E-state index in [1.54, 1.807) is 6.08 Å². The molecule has 7 aliphatic heterocycles. The number of aliphatic hydroxyl groups is 4. The minimum Gasteiger partial charge on any atom is -0.479 e. The van der Waals surface area contributed by atoms with Gasteiger partial charge in [0.05, 0.1) is 43.2 Å². The lowest BCUT2D eigenvalue weighted by Crippen LogP contribution is -2.60. The van der Waals surface area contributed by atoms with E-state index < -0.39 is 71.7 Å². The molecule has 5 N–H and O–H groups in total. The van der Waals surface area contributed by atoms with Gasteiger partial charge >= 0.3 is 5.97 Å². The number of carbonyl (C=O) groups is 1. The van der Waals surface area contributed by atoms with Gasteiger partial charge in [0.15, 0.2) is 17.2 Å². The Balaban J connectivity index is 0.920. The van der Waals surface area contributed by atoms with Crippen LogP contribution in [0.1, 0.15) is 125 Å². The first-order chi connectivity index (χ1) is 26.9. The van der Waals surface area contributed by atoms with E-state index in [-0.39, 0.29) is 36.6 Å². The number of aliphatic hydroxyl groups excluding tert-OH is 3. The molecule has 0 aromatic rings. The highest BCUT2D eigenvalue weighted by Gasteiger charge is 2.55. The third kappa shape index (κ3) is 9.15. The highest BCUT2D eigenvalue weighted by atomic mass is 16.7. The fraction of sp³-hybridized carbons (Fsp3) is 0.841. The summed E-state index contributed by atoms with van der Waals surface area (Å²) in [5.74, 6) is -3.82. The molecule has 3 spiro atoms. The van der Waals surface area contributed by atoms with Gasteiger partial charge in [0, 0.05) is 38.0 Å². The second-order valence-electron chi connectivity index (χ2n) is 18.9. The number of carboxylic acid groups (broad SMARTS) is 1. The fourth-order valence-electron chi connectivity index (χ4n) is 10.5. The number of aliphatic carboxylic acids is 1. The molecule has 17 atom stereocenters. The lowest BCUT2D eigenvalue weighted by Gasteiger charge is -2.50. The van der Waals surface area contributed by atoms with Crippen molar-refractivity contribution in [1.29, 1.82) is 0 Å². The molecule has 57 heavy (non-hydrogen) atoms. The average Bonchev–Trinajstić information content (AvgIpc) is 3.56. The van der Waals surface area contributed by atoms with Crippen LogP contribution in [0.4, 0.5) is 0 Å². The van der Waals surface area contributed by atoms with Crippen LogP contribution in [-0.2, 0) is 38.0 Å².